The van der Waals surface area contributed by atoms with Gasteiger partial charge in [-0.05, 0) is 18.2 Å². The summed E-state index contributed by atoms with van der Waals surface area (Å²) < 4.78 is 0. The summed E-state index contributed by atoms with van der Waals surface area (Å²) in [6.07, 6.45) is 0. The molecule has 0 saturated carbocycles. The molecule has 0 heterocycles. The summed E-state index contributed by atoms with van der Waals surface area (Å²) in [5.41, 5.74) is 1.76. The zero-order chi connectivity index (χ0) is 22.2. The standard InChI is InChI=1S/C22H28N4O5/c27-12-10-23-6-8-25-15-4-5-16(26-9-7-24-11-13-28)20-19(15)21(30)14-2-1-3-17(29)18(14)22(20)31/h1-5,23-29H,6-13H2. The lowest BCUT2D eigenvalue weighted by Crippen LogP contribution is -2.28. The first-order chi connectivity index (χ1) is 15.1. The van der Waals surface area contributed by atoms with Crippen LogP contribution in [0.1, 0.15) is 31.8 Å². The van der Waals surface area contributed by atoms with Crippen molar-refractivity contribution >= 4 is 22.9 Å². The van der Waals surface area contributed by atoms with Gasteiger partial charge in [0.25, 0.3) is 0 Å². The Labute approximate surface area is 180 Å². The fraction of sp³-hybridized carbons (Fsp3) is 0.364. The lowest BCUT2D eigenvalue weighted by atomic mass is 9.81. The van der Waals surface area contributed by atoms with Gasteiger partial charge >= 0.3 is 0 Å². The molecule has 31 heavy (non-hydrogen) atoms. The van der Waals surface area contributed by atoms with Gasteiger partial charge in [-0.1, -0.05) is 12.1 Å². The number of carbonyl (C=O) groups is 2. The minimum Gasteiger partial charge on any atom is -0.507 e. The Morgan fingerprint density at radius 1 is 0.645 bits per heavy atom. The van der Waals surface area contributed by atoms with Crippen LogP contribution in [0.5, 0.6) is 5.75 Å². The van der Waals surface area contributed by atoms with E-state index in [1.807, 2.05) is 0 Å². The van der Waals surface area contributed by atoms with Gasteiger partial charge in [-0.25, -0.2) is 0 Å². The SMILES string of the molecule is O=C1c2cccc(O)c2C(=O)c2c(NCCNCCO)ccc(NCCNCCO)c21. The van der Waals surface area contributed by atoms with Crippen molar-refractivity contribution in [3.8, 4) is 5.75 Å². The predicted octanol–water partition coefficient (Wildman–Crippen LogP) is 0.155. The van der Waals surface area contributed by atoms with Crippen molar-refractivity contribution in [2.75, 3.05) is 63.1 Å². The molecular formula is C22H28N4O5. The highest BCUT2D eigenvalue weighted by Crippen LogP contribution is 2.39. The summed E-state index contributed by atoms with van der Waals surface area (Å²) >= 11 is 0. The molecule has 0 aliphatic heterocycles. The minimum absolute atomic E-state index is 0.0169. The van der Waals surface area contributed by atoms with Crippen LogP contribution in [-0.4, -0.2) is 79.4 Å². The highest BCUT2D eigenvalue weighted by Gasteiger charge is 2.35. The van der Waals surface area contributed by atoms with Gasteiger partial charge < -0.3 is 36.6 Å². The van der Waals surface area contributed by atoms with Crippen LogP contribution in [0.15, 0.2) is 30.3 Å². The van der Waals surface area contributed by atoms with Gasteiger partial charge in [0, 0.05) is 56.2 Å². The number of hydrogen-bond acceptors (Lipinski definition) is 9. The van der Waals surface area contributed by atoms with Gasteiger partial charge in [0.05, 0.1) is 29.9 Å². The number of anilines is 2. The molecule has 7 N–H and O–H groups in total. The minimum atomic E-state index is -0.407. The monoisotopic (exact) mass is 428 g/mol. The first kappa shape index (κ1) is 22.7. The quantitative estimate of drug-likeness (QED) is 0.201. The van der Waals surface area contributed by atoms with Crippen molar-refractivity contribution in [1.29, 1.82) is 0 Å². The first-order valence-corrected chi connectivity index (χ1v) is 10.3. The Kier molecular flexibility index (Phi) is 7.96. The highest BCUT2D eigenvalue weighted by molar-refractivity contribution is 6.32. The predicted molar refractivity (Wildman–Crippen MR) is 118 cm³/mol. The fourth-order valence-electron chi connectivity index (χ4n) is 3.58. The molecule has 166 valence electrons. The number of carbonyl (C=O) groups excluding carboxylic acids is 2. The van der Waals surface area contributed by atoms with Crippen LogP contribution in [0.2, 0.25) is 0 Å². The number of rotatable bonds is 12. The van der Waals surface area contributed by atoms with Gasteiger partial charge in [-0.2, -0.15) is 0 Å². The second kappa shape index (κ2) is 10.9. The molecule has 0 radical (unpaired) electrons. The molecule has 0 atom stereocenters. The maximum Gasteiger partial charge on any atom is 0.200 e. The first-order valence-electron chi connectivity index (χ1n) is 10.3. The Morgan fingerprint density at radius 3 is 1.74 bits per heavy atom. The molecule has 2 aromatic rings. The van der Waals surface area contributed by atoms with Crippen LogP contribution >= 0.6 is 0 Å². The van der Waals surface area contributed by atoms with E-state index in [2.05, 4.69) is 21.3 Å². The number of phenols is 1. The second-order valence-corrected chi connectivity index (χ2v) is 7.07. The summed E-state index contributed by atoms with van der Waals surface area (Å²) in [6, 6.07) is 7.99. The van der Waals surface area contributed by atoms with Crippen molar-refractivity contribution in [2.45, 2.75) is 0 Å². The van der Waals surface area contributed by atoms with Crippen LogP contribution in [0.25, 0.3) is 0 Å². The van der Waals surface area contributed by atoms with E-state index < -0.39 is 5.78 Å². The third-order valence-corrected chi connectivity index (χ3v) is 4.99. The highest BCUT2D eigenvalue weighted by atomic mass is 16.3. The Bertz CT molecular complexity index is 948. The van der Waals surface area contributed by atoms with Gasteiger partial charge in [0.15, 0.2) is 11.6 Å². The van der Waals surface area contributed by atoms with E-state index in [1.54, 1.807) is 24.3 Å². The van der Waals surface area contributed by atoms with Crippen LogP contribution < -0.4 is 21.3 Å². The molecule has 0 saturated heterocycles. The molecule has 1 aliphatic rings. The molecule has 0 bridgehead atoms. The summed E-state index contributed by atoms with van der Waals surface area (Å²) in [5, 5.41) is 40.4. The smallest absolute Gasteiger partial charge is 0.200 e. The number of aliphatic hydroxyl groups is 2. The lowest BCUT2D eigenvalue weighted by molar-refractivity contribution is 0.0978. The maximum atomic E-state index is 13.3. The fourth-order valence-corrected chi connectivity index (χ4v) is 3.58. The molecule has 9 heteroatoms. The van der Waals surface area contributed by atoms with Crippen molar-refractivity contribution in [3.63, 3.8) is 0 Å². The molecule has 0 amide bonds. The van der Waals surface area contributed by atoms with Gasteiger partial charge in [-0.15, -0.1) is 0 Å². The van der Waals surface area contributed by atoms with E-state index in [0.29, 0.717) is 50.6 Å². The second-order valence-electron chi connectivity index (χ2n) is 7.07. The zero-order valence-corrected chi connectivity index (χ0v) is 17.2. The molecule has 0 unspecified atom stereocenters. The number of fused-ring (bicyclic) bond motifs is 2. The van der Waals surface area contributed by atoms with Gasteiger partial charge in [0.1, 0.15) is 5.75 Å². The molecule has 1 aliphatic carbocycles. The number of ketones is 2. The third-order valence-electron chi connectivity index (χ3n) is 4.99. The van der Waals surface area contributed by atoms with Gasteiger partial charge in [-0.3, -0.25) is 9.59 Å². The van der Waals surface area contributed by atoms with E-state index in [-0.39, 0.29) is 47.0 Å². The normalized spacial score (nSPS) is 12.5. The van der Waals surface area contributed by atoms with Crippen LogP contribution in [0.3, 0.4) is 0 Å². The van der Waals surface area contributed by atoms with Crippen LogP contribution in [0.4, 0.5) is 11.4 Å². The van der Waals surface area contributed by atoms with Crippen LogP contribution in [-0.2, 0) is 0 Å². The topological polar surface area (TPSA) is 143 Å². The largest absolute Gasteiger partial charge is 0.507 e. The van der Waals surface area contributed by atoms with Crippen molar-refractivity contribution < 1.29 is 24.9 Å². The number of aliphatic hydroxyl groups excluding tert-OH is 2. The third kappa shape index (κ3) is 5.02. The summed E-state index contributed by atoms with van der Waals surface area (Å²) in [7, 11) is 0. The van der Waals surface area contributed by atoms with Gasteiger partial charge in [0.2, 0.25) is 0 Å². The molecule has 0 aromatic heterocycles. The number of aromatic hydroxyl groups is 1. The molecule has 9 nitrogen and oxygen atoms in total. The van der Waals surface area contributed by atoms with Crippen molar-refractivity contribution in [2.24, 2.45) is 0 Å². The summed E-state index contributed by atoms with van der Waals surface area (Å²) in [6.45, 7) is 3.13. The average Bonchev–Trinajstić information content (AvgIpc) is 2.77. The van der Waals surface area contributed by atoms with Crippen molar-refractivity contribution in [1.82, 2.24) is 10.6 Å². The number of hydrogen-bond donors (Lipinski definition) is 7. The van der Waals surface area contributed by atoms with E-state index >= 15 is 0 Å². The van der Waals surface area contributed by atoms with Crippen molar-refractivity contribution in [3.05, 3.63) is 52.6 Å². The Morgan fingerprint density at radius 2 is 1.19 bits per heavy atom. The molecule has 0 spiro atoms. The molecule has 2 aromatic carbocycles. The number of nitrogens with one attached hydrogen (secondary N) is 4. The van der Waals surface area contributed by atoms with E-state index in [9.17, 15) is 14.7 Å². The molecule has 0 fully saturated rings. The van der Waals surface area contributed by atoms with E-state index in [1.165, 1.54) is 6.07 Å². The number of phenolic OH excluding ortho intramolecular Hbond substituents is 1. The Balaban J connectivity index is 1.92. The lowest BCUT2D eigenvalue weighted by Gasteiger charge is -2.24. The van der Waals surface area contributed by atoms with E-state index in [4.69, 9.17) is 10.2 Å². The zero-order valence-electron chi connectivity index (χ0n) is 17.2. The average molecular weight is 428 g/mol. The number of benzene rings is 2. The molecule has 3 rings (SSSR count). The van der Waals surface area contributed by atoms with Crippen LogP contribution in [0, 0.1) is 0 Å². The van der Waals surface area contributed by atoms with E-state index in [0.717, 1.165) is 0 Å². The Hall–Kier alpha value is -2.98. The molecular weight excluding hydrogens is 400 g/mol. The maximum absolute atomic E-state index is 13.3. The summed E-state index contributed by atoms with van der Waals surface area (Å²) in [5.74, 6) is -0.951. The summed E-state index contributed by atoms with van der Waals surface area (Å²) in [4.78, 5) is 26.6.